The number of nitrogens with two attached hydrogens (primary N) is 1. The Kier molecular flexibility index (Phi) is 4.83. The summed E-state index contributed by atoms with van der Waals surface area (Å²) in [6, 6.07) is 5.00. The standard InChI is InChI=1S/C23H24ClN7OS/c1-30(2)23(32)22-28-16-6-5-14(18(24)20(16)33-22)15-9-27-21-19(15)26-10-17(29-21)31-12-3-4-13(31)8-11(25)7-12/h5-6,9-13H,3-4,7-8,25H2,1-2H3,(H,27,29). The Morgan fingerprint density at radius 1 is 1.21 bits per heavy atom. The van der Waals surface area contributed by atoms with Crippen molar-refractivity contribution in [3.05, 3.63) is 34.6 Å². The first-order valence-corrected chi connectivity index (χ1v) is 12.3. The molecule has 4 aromatic rings. The summed E-state index contributed by atoms with van der Waals surface area (Å²) in [6.45, 7) is 0. The van der Waals surface area contributed by atoms with Crippen molar-refractivity contribution in [2.45, 2.75) is 43.8 Å². The molecule has 2 aliphatic rings. The van der Waals surface area contributed by atoms with Gasteiger partial charge in [0.05, 0.1) is 21.4 Å². The number of aromatic nitrogens is 4. The van der Waals surface area contributed by atoms with Crippen molar-refractivity contribution in [1.82, 2.24) is 24.8 Å². The van der Waals surface area contributed by atoms with Gasteiger partial charge >= 0.3 is 0 Å². The van der Waals surface area contributed by atoms with Gasteiger partial charge in [-0.05, 0) is 31.7 Å². The molecule has 0 aliphatic carbocycles. The molecule has 170 valence electrons. The number of carbonyl (C=O) groups is 1. The number of hydrogen-bond donors (Lipinski definition) is 2. The molecular weight excluding hydrogens is 458 g/mol. The average molecular weight is 482 g/mol. The Bertz CT molecular complexity index is 1380. The Labute approximate surface area is 199 Å². The van der Waals surface area contributed by atoms with E-state index in [1.807, 2.05) is 24.5 Å². The van der Waals surface area contributed by atoms with Crippen molar-refractivity contribution in [3.63, 3.8) is 0 Å². The predicted molar refractivity (Wildman–Crippen MR) is 132 cm³/mol. The highest BCUT2D eigenvalue weighted by Gasteiger charge is 2.40. The lowest BCUT2D eigenvalue weighted by Crippen LogP contribution is -2.47. The van der Waals surface area contributed by atoms with E-state index in [1.165, 1.54) is 16.2 Å². The van der Waals surface area contributed by atoms with Crippen molar-refractivity contribution < 1.29 is 4.79 Å². The van der Waals surface area contributed by atoms with Crippen LogP contribution < -0.4 is 10.6 Å². The lowest BCUT2D eigenvalue weighted by molar-refractivity contribution is 0.0827. The number of benzene rings is 1. The SMILES string of the molecule is CN(C)C(=O)c1nc2ccc(-c3c[nH]c4nc(N5C6CCC5CC(N)C6)cnc34)c(Cl)c2s1. The number of fused-ring (bicyclic) bond motifs is 4. The fourth-order valence-electron chi connectivity index (χ4n) is 5.26. The number of amides is 1. The molecule has 0 radical (unpaired) electrons. The summed E-state index contributed by atoms with van der Waals surface area (Å²) in [7, 11) is 3.42. The van der Waals surface area contributed by atoms with E-state index in [2.05, 4.69) is 14.9 Å². The number of anilines is 1. The maximum absolute atomic E-state index is 12.3. The minimum atomic E-state index is -0.132. The third-order valence-corrected chi connectivity index (χ3v) is 8.36. The smallest absolute Gasteiger partial charge is 0.282 e. The van der Waals surface area contributed by atoms with Crippen LogP contribution in [0.5, 0.6) is 0 Å². The molecule has 10 heteroatoms. The van der Waals surface area contributed by atoms with Crippen LogP contribution in [0.3, 0.4) is 0 Å². The highest BCUT2D eigenvalue weighted by Crippen LogP contribution is 2.41. The number of H-pyrrole nitrogens is 1. The quantitative estimate of drug-likeness (QED) is 0.457. The van der Waals surface area contributed by atoms with Crippen molar-refractivity contribution in [1.29, 1.82) is 0 Å². The van der Waals surface area contributed by atoms with E-state index in [0.29, 0.717) is 27.6 Å². The van der Waals surface area contributed by atoms with Crippen LogP contribution in [-0.4, -0.2) is 63.0 Å². The van der Waals surface area contributed by atoms with E-state index in [4.69, 9.17) is 27.3 Å². The number of thiazole rings is 1. The van der Waals surface area contributed by atoms with Crippen molar-refractivity contribution >= 4 is 56.0 Å². The number of halogens is 1. The number of hydrogen-bond acceptors (Lipinski definition) is 7. The second kappa shape index (κ2) is 7.65. The Morgan fingerprint density at radius 2 is 1.97 bits per heavy atom. The number of nitrogens with zero attached hydrogens (tertiary/aromatic N) is 5. The molecule has 2 bridgehead atoms. The first-order valence-electron chi connectivity index (χ1n) is 11.1. The predicted octanol–water partition coefficient (Wildman–Crippen LogP) is 4.05. The van der Waals surface area contributed by atoms with Gasteiger partial charge < -0.3 is 20.5 Å². The van der Waals surface area contributed by atoms with Crippen molar-refractivity contribution in [2.75, 3.05) is 19.0 Å². The van der Waals surface area contributed by atoms with Crippen LogP contribution in [-0.2, 0) is 0 Å². The highest BCUT2D eigenvalue weighted by molar-refractivity contribution is 7.21. The Morgan fingerprint density at radius 3 is 2.70 bits per heavy atom. The number of aromatic amines is 1. The summed E-state index contributed by atoms with van der Waals surface area (Å²) < 4.78 is 0.791. The third-order valence-electron chi connectivity index (χ3n) is 6.78. The molecule has 1 amide bonds. The van der Waals surface area contributed by atoms with Gasteiger partial charge in [0.25, 0.3) is 5.91 Å². The molecule has 5 heterocycles. The number of carbonyl (C=O) groups excluding carboxylic acids is 1. The van der Waals surface area contributed by atoms with E-state index in [9.17, 15) is 4.79 Å². The van der Waals surface area contributed by atoms with Crippen molar-refractivity contribution in [3.8, 4) is 11.1 Å². The first kappa shape index (κ1) is 20.8. The van der Waals surface area contributed by atoms with E-state index in [0.717, 1.165) is 58.5 Å². The molecule has 0 saturated carbocycles. The fourth-order valence-corrected chi connectivity index (χ4v) is 6.66. The summed E-state index contributed by atoms with van der Waals surface area (Å²) in [5.74, 6) is 0.776. The van der Waals surface area contributed by atoms with E-state index < -0.39 is 0 Å². The van der Waals surface area contributed by atoms with Gasteiger partial charge in [-0.15, -0.1) is 11.3 Å². The second-order valence-electron chi connectivity index (χ2n) is 9.15. The van der Waals surface area contributed by atoms with Crippen LogP contribution in [0, 0.1) is 0 Å². The second-order valence-corrected chi connectivity index (χ2v) is 10.5. The molecule has 2 unspecified atom stereocenters. The number of piperidine rings is 1. The van der Waals surface area contributed by atoms with E-state index in [-0.39, 0.29) is 11.9 Å². The minimum Gasteiger partial charge on any atom is -0.349 e. The molecule has 33 heavy (non-hydrogen) atoms. The lowest BCUT2D eigenvalue weighted by Gasteiger charge is -2.38. The third kappa shape index (κ3) is 3.29. The molecule has 6 rings (SSSR count). The molecule has 2 saturated heterocycles. The normalized spacial score (nSPS) is 22.4. The van der Waals surface area contributed by atoms with Crippen LogP contribution in [0.15, 0.2) is 24.5 Å². The van der Waals surface area contributed by atoms with Gasteiger partial charge in [-0.25, -0.2) is 15.0 Å². The molecule has 3 aromatic heterocycles. The van der Waals surface area contributed by atoms with Gasteiger partial charge in [0.1, 0.15) is 11.3 Å². The summed E-state index contributed by atoms with van der Waals surface area (Å²) in [5.41, 5.74) is 10.2. The molecule has 3 N–H and O–H groups in total. The van der Waals surface area contributed by atoms with Crippen LogP contribution in [0.1, 0.15) is 35.5 Å². The van der Waals surface area contributed by atoms with Crippen molar-refractivity contribution in [2.24, 2.45) is 5.73 Å². The van der Waals surface area contributed by atoms with Gasteiger partial charge in [0.15, 0.2) is 10.7 Å². The summed E-state index contributed by atoms with van der Waals surface area (Å²) in [4.78, 5) is 33.7. The summed E-state index contributed by atoms with van der Waals surface area (Å²) >= 11 is 8.12. The maximum Gasteiger partial charge on any atom is 0.282 e. The summed E-state index contributed by atoms with van der Waals surface area (Å²) in [6.07, 6.45) is 8.11. The topological polar surface area (TPSA) is 104 Å². The first-order chi connectivity index (χ1) is 15.9. The molecule has 1 aromatic carbocycles. The molecular formula is C23H24ClN7OS. The molecule has 8 nitrogen and oxygen atoms in total. The summed E-state index contributed by atoms with van der Waals surface area (Å²) in [5, 5.41) is 0.992. The van der Waals surface area contributed by atoms with Crippen LogP contribution >= 0.6 is 22.9 Å². The maximum atomic E-state index is 12.3. The zero-order valence-electron chi connectivity index (χ0n) is 18.4. The Balaban J connectivity index is 1.39. The average Bonchev–Trinajstić information content (AvgIpc) is 3.48. The number of nitrogens with one attached hydrogen (secondary N) is 1. The lowest BCUT2D eigenvalue weighted by atomic mass is 9.98. The molecule has 0 spiro atoms. The van der Waals surface area contributed by atoms with Gasteiger partial charge in [-0.1, -0.05) is 17.7 Å². The van der Waals surface area contributed by atoms with Crippen LogP contribution in [0.2, 0.25) is 5.02 Å². The molecule has 2 fully saturated rings. The minimum absolute atomic E-state index is 0.132. The van der Waals surface area contributed by atoms with Gasteiger partial charge in [0, 0.05) is 49.5 Å². The fraction of sp³-hybridized carbons (Fsp3) is 0.391. The zero-order valence-corrected chi connectivity index (χ0v) is 20.0. The highest BCUT2D eigenvalue weighted by atomic mass is 35.5. The van der Waals surface area contributed by atoms with Crippen LogP contribution in [0.4, 0.5) is 5.82 Å². The van der Waals surface area contributed by atoms with Gasteiger partial charge in [-0.3, -0.25) is 4.79 Å². The van der Waals surface area contributed by atoms with E-state index >= 15 is 0 Å². The van der Waals surface area contributed by atoms with Gasteiger partial charge in [-0.2, -0.15) is 0 Å². The zero-order chi connectivity index (χ0) is 22.9. The largest absolute Gasteiger partial charge is 0.349 e. The molecule has 2 atom stereocenters. The Hall–Kier alpha value is -2.75. The van der Waals surface area contributed by atoms with Crippen LogP contribution in [0.25, 0.3) is 32.5 Å². The monoisotopic (exact) mass is 481 g/mol. The molecule has 2 aliphatic heterocycles. The number of rotatable bonds is 3. The van der Waals surface area contributed by atoms with E-state index in [1.54, 1.807) is 14.1 Å². The van der Waals surface area contributed by atoms with Gasteiger partial charge in [0.2, 0.25) is 0 Å².